The number of esters is 1. The summed E-state index contributed by atoms with van der Waals surface area (Å²) >= 11 is 2.31. The van der Waals surface area contributed by atoms with Crippen LogP contribution in [0.3, 0.4) is 0 Å². The number of alkyl halides is 3. The van der Waals surface area contributed by atoms with Gasteiger partial charge in [-0.05, 0) is 53.3 Å². The molecule has 11 heteroatoms. The van der Waals surface area contributed by atoms with Crippen molar-refractivity contribution in [2.45, 2.75) is 106 Å². The highest BCUT2D eigenvalue weighted by Gasteiger charge is 2.64. The van der Waals surface area contributed by atoms with Crippen molar-refractivity contribution in [3.63, 3.8) is 0 Å². The van der Waals surface area contributed by atoms with Crippen LogP contribution in [0.25, 0.3) is 0 Å². The Morgan fingerprint density at radius 1 is 1.03 bits per heavy atom. The molecule has 194 valence electrons. The normalized spacial score (nSPS) is 23.3. The number of hydrogen-bond donors (Lipinski definition) is 0. The molecule has 0 spiro atoms. The molecule has 2 atom stereocenters. The molecule has 0 radical (unpaired) electrons. The van der Waals surface area contributed by atoms with Gasteiger partial charge in [0, 0.05) is 12.7 Å². The number of carbonyl (C=O) groups excluding carboxylic acids is 2. The van der Waals surface area contributed by atoms with Crippen molar-refractivity contribution in [3.05, 3.63) is 0 Å². The molecule has 2 fully saturated rings. The minimum Gasteiger partial charge on any atom is -0.460 e. The Balaban J connectivity index is 2.02. The first-order valence-electron chi connectivity index (χ1n) is 11.9. The van der Waals surface area contributed by atoms with Crippen LogP contribution in [0.4, 0.5) is 8.78 Å². The average molecular weight is 628 g/mol. The molecule has 0 saturated heterocycles. The Bertz CT molecular complexity index is 758. The number of halogens is 3. The van der Waals surface area contributed by atoms with E-state index in [2.05, 4.69) is 31.0 Å². The highest BCUT2D eigenvalue weighted by molar-refractivity contribution is 14.1. The van der Waals surface area contributed by atoms with Crippen molar-refractivity contribution in [1.82, 2.24) is 0 Å². The summed E-state index contributed by atoms with van der Waals surface area (Å²) in [5, 5.41) is -5.58. The van der Waals surface area contributed by atoms with E-state index in [0.29, 0.717) is 32.1 Å². The lowest BCUT2D eigenvalue weighted by molar-refractivity contribution is -0.161. The molecule has 1 N–H and O–H groups in total. The van der Waals surface area contributed by atoms with Gasteiger partial charge in [-0.2, -0.15) is 8.78 Å². The minimum absolute atomic E-state index is 0.0889. The lowest BCUT2D eigenvalue weighted by atomic mass is 9.99. The molecule has 0 aliphatic heterocycles. The molecule has 2 aliphatic carbocycles. The van der Waals surface area contributed by atoms with E-state index in [1.165, 1.54) is 0 Å². The van der Waals surface area contributed by atoms with E-state index in [9.17, 15) is 26.8 Å². The third-order valence-electron chi connectivity index (χ3n) is 6.63. The predicted octanol–water partition coefficient (Wildman–Crippen LogP) is 6.13. The van der Waals surface area contributed by atoms with E-state index in [0.717, 1.165) is 62.2 Å². The van der Waals surface area contributed by atoms with Gasteiger partial charge in [-0.3, -0.25) is 8.42 Å². The van der Waals surface area contributed by atoms with Gasteiger partial charge >= 0.3 is 21.3 Å². The minimum atomic E-state index is -5.48. The summed E-state index contributed by atoms with van der Waals surface area (Å²) in [6.07, 6.45) is 12.2. The van der Waals surface area contributed by atoms with Crippen LogP contribution in [0.5, 0.6) is 0 Å². The van der Waals surface area contributed by atoms with Crippen LogP contribution >= 0.6 is 32.9 Å². The van der Waals surface area contributed by atoms with E-state index < -0.39 is 36.9 Å². The molecule has 2 rings (SSSR count). The van der Waals surface area contributed by atoms with Crippen LogP contribution in [0.1, 0.15) is 89.9 Å². The van der Waals surface area contributed by atoms with Gasteiger partial charge < -0.3 is 4.74 Å². The fraction of sp³-hybridized carbons (Fsp3) is 0.909. The van der Waals surface area contributed by atoms with Gasteiger partial charge in [0.2, 0.25) is 0 Å². The van der Waals surface area contributed by atoms with Crippen molar-refractivity contribution in [1.29, 1.82) is 0 Å². The monoisotopic (exact) mass is 627 g/mol. The lowest BCUT2D eigenvalue weighted by Gasteiger charge is -2.42. The number of ether oxygens (including phenoxy) is 1. The maximum absolute atomic E-state index is 14.8. The molecule has 0 aromatic carbocycles. The molecule has 0 heterocycles. The van der Waals surface area contributed by atoms with E-state index in [4.69, 9.17) is 0 Å². The number of hydrogen-bond acceptors (Lipinski definition) is 5. The summed E-state index contributed by atoms with van der Waals surface area (Å²) in [4.78, 5) is 24.7. The highest BCUT2D eigenvalue weighted by Crippen LogP contribution is 2.61. The SMILES string of the molecule is CS([OH+]S(=O)(=O)C(F)(F)C(=O)OCCCCCCCCI)(C1CCCC1)C1CCCCC1=O. The number of Topliss-reactive ketones (excluding diaryl/α,β-unsaturated/α-hetero) is 1. The van der Waals surface area contributed by atoms with Crippen molar-refractivity contribution in [3.8, 4) is 0 Å². The molecule has 6 nitrogen and oxygen atoms in total. The smallest absolute Gasteiger partial charge is 0.460 e. The number of unbranched alkanes of at least 4 members (excludes halogenated alkanes) is 5. The molecule has 33 heavy (non-hydrogen) atoms. The second-order valence-electron chi connectivity index (χ2n) is 9.12. The molecule has 2 aliphatic rings. The zero-order valence-electron chi connectivity index (χ0n) is 19.4. The van der Waals surface area contributed by atoms with Gasteiger partial charge in [-0.25, -0.2) is 4.79 Å². The summed E-state index contributed by atoms with van der Waals surface area (Å²) in [7, 11) is -8.07. The van der Waals surface area contributed by atoms with Crippen LogP contribution in [0.15, 0.2) is 0 Å². The fourth-order valence-electron chi connectivity index (χ4n) is 4.68. The average Bonchev–Trinajstić information content (AvgIpc) is 3.31. The third-order valence-corrected chi connectivity index (χ3v) is 13.8. The lowest BCUT2D eigenvalue weighted by Crippen LogP contribution is -2.46. The van der Waals surface area contributed by atoms with Crippen LogP contribution < -0.4 is 0 Å². The summed E-state index contributed by atoms with van der Waals surface area (Å²) in [5.74, 6) is -2.16. The maximum Gasteiger partial charge on any atom is 0.514 e. The first-order valence-corrected chi connectivity index (χ1v) is 17.0. The summed E-state index contributed by atoms with van der Waals surface area (Å²) in [6, 6.07) is 0. The van der Waals surface area contributed by atoms with Crippen LogP contribution in [-0.4, -0.2) is 56.8 Å². The molecular weight excluding hydrogens is 589 g/mol. The summed E-state index contributed by atoms with van der Waals surface area (Å²) < 4.78 is 64.5. The van der Waals surface area contributed by atoms with Crippen LogP contribution in [0.2, 0.25) is 0 Å². The Morgan fingerprint density at radius 2 is 1.61 bits per heavy atom. The standard InChI is InChI=1S/C22H37F2IO6S2/c1-32(18-12-6-7-13-18,20-15-9-8-14-19(20)26)31-33(28,29)22(23,24)21(27)30-17-11-5-3-2-4-10-16-25/h18,20H,2-17H2,1H3/p+1. The summed E-state index contributed by atoms with van der Waals surface area (Å²) in [6.45, 7) is -0.246. The Hall–Kier alpha value is -0.0100. The highest BCUT2D eigenvalue weighted by atomic mass is 127. The molecule has 0 bridgehead atoms. The number of rotatable bonds is 14. The van der Waals surface area contributed by atoms with Gasteiger partial charge in [-0.15, -0.1) is 8.42 Å². The Kier molecular flexibility index (Phi) is 11.8. The van der Waals surface area contributed by atoms with Gasteiger partial charge in [0.1, 0.15) is 5.25 Å². The van der Waals surface area contributed by atoms with Gasteiger partial charge in [0.15, 0.2) is 5.78 Å². The third kappa shape index (κ3) is 7.73. The van der Waals surface area contributed by atoms with Crippen molar-refractivity contribution < 1.29 is 35.2 Å². The molecule has 0 aromatic heterocycles. The Labute approximate surface area is 212 Å². The van der Waals surface area contributed by atoms with E-state index in [-0.39, 0.29) is 17.6 Å². The van der Waals surface area contributed by atoms with Gasteiger partial charge in [0.25, 0.3) is 0 Å². The van der Waals surface area contributed by atoms with Gasteiger partial charge in [0.05, 0.1) is 11.9 Å². The number of carbonyl (C=O) groups is 2. The van der Waals surface area contributed by atoms with Crippen molar-refractivity contribution in [2.75, 3.05) is 17.3 Å². The van der Waals surface area contributed by atoms with E-state index in [1.807, 2.05) is 0 Å². The van der Waals surface area contributed by atoms with E-state index in [1.54, 1.807) is 6.26 Å². The molecular formula is C22H38F2IO6S2+. The van der Waals surface area contributed by atoms with Crippen LogP contribution in [-0.2, 0) is 24.4 Å². The van der Waals surface area contributed by atoms with Crippen LogP contribution in [0, 0.1) is 0 Å². The van der Waals surface area contributed by atoms with Crippen molar-refractivity contribution >= 4 is 54.8 Å². The first-order chi connectivity index (χ1) is 15.6. The molecule has 2 unspecified atom stereocenters. The van der Waals surface area contributed by atoms with E-state index >= 15 is 0 Å². The second kappa shape index (κ2) is 13.3. The number of ketones is 1. The molecule has 0 amide bonds. The van der Waals surface area contributed by atoms with Gasteiger partial charge in [-0.1, -0.05) is 67.5 Å². The maximum atomic E-state index is 14.8. The van der Waals surface area contributed by atoms with Crippen molar-refractivity contribution in [2.24, 2.45) is 0 Å². The topological polar surface area (TPSA) is 90.3 Å². The Morgan fingerprint density at radius 3 is 2.21 bits per heavy atom. The predicted molar refractivity (Wildman–Crippen MR) is 137 cm³/mol. The molecule has 0 aromatic rings. The molecule has 2 saturated carbocycles. The largest absolute Gasteiger partial charge is 0.514 e. The fourth-order valence-corrected chi connectivity index (χ4v) is 11.5. The first kappa shape index (κ1) is 29.2. The zero-order valence-corrected chi connectivity index (χ0v) is 23.2. The quantitative estimate of drug-likeness (QED) is 0.0578. The zero-order chi connectivity index (χ0) is 24.5. The summed E-state index contributed by atoms with van der Waals surface area (Å²) in [5.41, 5.74) is 0. The second-order valence-corrected chi connectivity index (χ2v) is 15.5.